The Morgan fingerprint density at radius 1 is 0.839 bits per heavy atom. The zero-order valence-electron chi connectivity index (χ0n) is 17.1. The molecule has 4 nitrogen and oxygen atoms in total. The number of imide groups is 1. The molecule has 5 heteroatoms. The fourth-order valence-electron chi connectivity index (χ4n) is 4.49. The van der Waals surface area contributed by atoms with E-state index in [2.05, 4.69) is 6.07 Å². The van der Waals surface area contributed by atoms with Gasteiger partial charge in [-0.1, -0.05) is 60.1 Å². The van der Waals surface area contributed by atoms with E-state index in [-0.39, 0.29) is 11.8 Å². The van der Waals surface area contributed by atoms with Crippen molar-refractivity contribution in [2.75, 3.05) is 16.3 Å². The van der Waals surface area contributed by atoms with Crippen molar-refractivity contribution in [1.82, 2.24) is 0 Å². The molecule has 0 saturated carbocycles. The van der Waals surface area contributed by atoms with Gasteiger partial charge in [0, 0.05) is 17.3 Å². The monoisotopic (exact) mass is 428 g/mol. The summed E-state index contributed by atoms with van der Waals surface area (Å²) in [4.78, 5) is 30.8. The number of anilines is 2. The molecule has 154 valence electrons. The van der Waals surface area contributed by atoms with Crippen molar-refractivity contribution in [2.45, 2.75) is 19.8 Å². The SMILES string of the molecule is Cc1cc(Cl)ccc1N1C(=O)C(c2ccccc2)=C(N2CCCc3ccccc32)C1=O. The lowest BCUT2D eigenvalue weighted by Crippen LogP contribution is -2.37. The Balaban J connectivity index is 1.70. The third-order valence-corrected chi connectivity index (χ3v) is 6.14. The molecule has 0 radical (unpaired) electrons. The first-order valence-electron chi connectivity index (χ1n) is 10.4. The number of rotatable bonds is 3. The molecule has 0 spiro atoms. The molecule has 2 heterocycles. The lowest BCUT2D eigenvalue weighted by atomic mass is 9.98. The third kappa shape index (κ3) is 3.24. The van der Waals surface area contributed by atoms with Crippen molar-refractivity contribution >= 4 is 40.4 Å². The molecule has 0 atom stereocenters. The van der Waals surface area contributed by atoms with Crippen LogP contribution < -0.4 is 9.80 Å². The van der Waals surface area contributed by atoms with Gasteiger partial charge in [-0.3, -0.25) is 9.59 Å². The van der Waals surface area contributed by atoms with Crippen LogP contribution in [0.3, 0.4) is 0 Å². The highest BCUT2D eigenvalue weighted by atomic mass is 35.5. The van der Waals surface area contributed by atoms with Gasteiger partial charge in [-0.2, -0.15) is 0 Å². The molecule has 0 aromatic heterocycles. The van der Waals surface area contributed by atoms with Gasteiger partial charge in [-0.05, 0) is 60.7 Å². The van der Waals surface area contributed by atoms with E-state index in [0.29, 0.717) is 28.5 Å². The van der Waals surface area contributed by atoms with Crippen LogP contribution in [0.15, 0.2) is 78.5 Å². The van der Waals surface area contributed by atoms with Gasteiger partial charge in [-0.15, -0.1) is 0 Å². The van der Waals surface area contributed by atoms with E-state index < -0.39 is 0 Å². The average molecular weight is 429 g/mol. The number of para-hydroxylation sites is 1. The van der Waals surface area contributed by atoms with E-state index in [1.807, 2.05) is 60.4 Å². The van der Waals surface area contributed by atoms with E-state index >= 15 is 0 Å². The van der Waals surface area contributed by atoms with Crippen LogP contribution in [0.5, 0.6) is 0 Å². The molecule has 3 aromatic carbocycles. The zero-order valence-corrected chi connectivity index (χ0v) is 17.9. The minimum atomic E-state index is -0.306. The molecule has 31 heavy (non-hydrogen) atoms. The summed E-state index contributed by atoms with van der Waals surface area (Å²) in [6.07, 6.45) is 1.88. The first-order valence-corrected chi connectivity index (χ1v) is 10.7. The lowest BCUT2D eigenvalue weighted by molar-refractivity contribution is -0.120. The molecule has 0 bridgehead atoms. The lowest BCUT2D eigenvalue weighted by Gasteiger charge is -2.32. The summed E-state index contributed by atoms with van der Waals surface area (Å²) < 4.78 is 0. The van der Waals surface area contributed by atoms with Crippen LogP contribution in [0.25, 0.3) is 5.57 Å². The van der Waals surface area contributed by atoms with Crippen LogP contribution >= 0.6 is 11.6 Å². The van der Waals surface area contributed by atoms with E-state index in [1.165, 1.54) is 10.5 Å². The molecule has 3 aromatic rings. The fourth-order valence-corrected chi connectivity index (χ4v) is 4.71. The standard InChI is InChI=1S/C26H21ClN2O2/c1-17-16-20(27)13-14-21(17)29-25(30)23(19-9-3-2-4-10-19)24(26(29)31)28-15-7-11-18-8-5-6-12-22(18)28/h2-6,8-10,12-14,16H,7,11,15H2,1H3. The van der Waals surface area contributed by atoms with Gasteiger partial charge in [0.15, 0.2) is 0 Å². The average Bonchev–Trinajstić information content (AvgIpc) is 3.04. The number of halogens is 1. The number of aryl methyl sites for hydroxylation is 2. The maximum absolute atomic E-state index is 13.8. The van der Waals surface area contributed by atoms with E-state index in [1.54, 1.807) is 18.2 Å². The number of amides is 2. The molecular weight excluding hydrogens is 408 g/mol. The Labute approximate surface area is 186 Å². The van der Waals surface area contributed by atoms with E-state index in [4.69, 9.17) is 11.6 Å². The Morgan fingerprint density at radius 3 is 2.35 bits per heavy atom. The summed E-state index contributed by atoms with van der Waals surface area (Å²) >= 11 is 6.12. The van der Waals surface area contributed by atoms with Crippen molar-refractivity contribution in [3.63, 3.8) is 0 Å². The van der Waals surface area contributed by atoms with Crippen LogP contribution in [0.4, 0.5) is 11.4 Å². The van der Waals surface area contributed by atoms with Crippen molar-refractivity contribution in [2.24, 2.45) is 0 Å². The molecule has 5 rings (SSSR count). The number of nitrogens with zero attached hydrogens (tertiary/aromatic N) is 2. The summed E-state index contributed by atoms with van der Waals surface area (Å²) in [6, 6.07) is 22.8. The van der Waals surface area contributed by atoms with Crippen LogP contribution in [0.2, 0.25) is 5.02 Å². The third-order valence-electron chi connectivity index (χ3n) is 5.90. The molecule has 0 N–H and O–H groups in total. The normalized spacial score (nSPS) is 16.2. The fraction of sp³-hybridized carbons (Fsp3) is 0.154. The molecule has 0 saturated heterocycles. The molecule has 0 unspecified atom stereocenters. The van der Waals surface area contributed by atoms with Crippen LogP contribution in [-0.2, 0) is 16.0 Å². The molecule has 2 amide bonds. The van der Waals surface area contributed by atoms with E-state index in [0.717, 1.165) is 29.7 Å². The zero-order chi connectivity index (χ0) is 21.5. The van der Waals surface area contributed by atoms with Crippen LogP contribution in [0, 0.1) is 6.92 Å². The molecule has 0 aliphatic carbocycles. The topological polar surface area (TPSA) is 40.6 Å². The van der Waals surface area contributed by atoms with Gasteiger partial charge >= 0.3 is 0 Å². The highest BCUT2D eigenvalue weighted by Gasteiger charge is 2.43. The molecule has 0 fully saturated rings. The first kappa shape index (κ1) is 19.6. The smallest absolute Gasteiger partial charge is 0.282 e. The van der Waals surface area contributed by atoms with Crippen LogP contribution in [-0.4, -0.2) is 18.4 Å². The van der Waals surface area contributed by atoms with Crippen molar-refractivity contribution in [3.05, 3.63) is 100 Å². The molecular formula is C26H21ClN2O2. The van der Waals surface area contributed by atoms with Gasteiger partial charge in [0.2, 0.25) is 0 Å². The summed E-state index contributed by atoms with van der Waals surface area (Å²) in [7, 11) is 0. The predicted octanol–water partition coefficient (Wildman–Crippen LogP) is 5.39. The largest absolute Gasteiger partial charge is 0.336 e. The summed E-state index contributed by atoms with van der Waals surface area (Å²) in [5.74, 6) is -0.606. The Morgan fingerprint density at radius 2 is 1.58 bits per heavy atom. The van der Waals surface area contributed by atoms with Crippen LogP contribution in [0.1, 0.15) is 23.1 Å². The summed E-state index contributed by atoms with van der Waals surface area (Å²) in [5.41, 5.74) is 5.15. The number of carbonyl (C=O) groups is 2. The quantitative estimate of drug-likeness (QED) is 0.525. The maximum Gasteiger partial charge on any atom is 0.282 e. The van der Waals surface area contributed by atoms with Gasteiger partial charge in [0.05, 0.1) is 11.3 Å². The Kier molecular flexibility index (Phi) is 4.87. The van der Waals surface area contributed by atoms with Gasteiger partial charge in [-0.25, -0.2) is 4.90 Å². The maximum atomic E-state index is 13.8. The summed E-state index contributed by atoms with van der Waals surface area (Å²) in [6.45, 7) is 2.55. The van der Waals surface area contributed by atoms with E-state index in [9.17, 15) is 9.59 Å². The van der Waals surface area contributed by atoms with Crippen molar-refractivity contribution in [1.29, 1.82) is 0 Å². The summed E-state index contributed by atoms with van der Waals surface area (Å²) in [5, 5.41) is 0.571. The molecule has 2 aliphatic heterocycles. The number of fused-ring (bicyclic) bond motifs is 1. The van der Waals surface area contributed by atoms with Gasteiger partial charge in [0.1, 0.15) is 5.70 Å². The number of hydrogen-bond acceptors (Lipinski definition) is 3. The second-order valence-electron chi connectivity index (χ2n) is 7.85. The highest BCUT2D eigenvalue weighted by Crippen LogP contribution is 2.40. The highest BCUT2D eigenvalue weighted by molar-refractivity contribution is 6.46. The molecule has 2 aliphatic rings. The van der Waals surface area contributed by atoms with Crippen molar-refractivity contribution in [3.8, 4) is 0 Å². The van der Waals surface area contributed by atoms with Crippen molar-refractivity contribution < 1.29 is 9.59 Å². The first-order chi connectivity index (χ1) is 15.1. The second-order valence-corrected chi connectivity index (χ2v) is 8.29. The number of carbonyl (C=O) groups excluding carboxylic acids is 2. The Bertz CT molecular complexity index is 1230. The minimum absolute atomic E-state index is 0.300. The Hall–Kier alpha value is -3.37. The van der Waals surface area contributed by atoms with Gasteiger partial charge in [0.25, 0.3) is 11.8 Å². The van der Waals surface area contributed by atoms with Gasteiger partial charge < -0.3 is 4.90 Å². The number of hydrogen-bond donors (Lipinski definition) is 0. The minimum Gasteiger partial charge on any atom is -0.336 e. The number of benzene rings is 3. The predicted molar refractivity (Wildman–Crippen MR) is 124 cm³/mol. The second kappa shape index (κ2) is 7.71.